The highest BCUT2D eigenvalue weighted by Gasteiger charge is 2.05. The molecule has 0 spiro atoms. The lowest BCUT2D eigenvalue weighted by atomic mass is 10.00. The summed E-state index contributed by atoms with van der Waals surface area (Å²) in [7, 11) is 0. The summed E-state index contributed by atoms with van der Waals surface area (Å²) in [4.78, 5) is 0. The van der Waals surface area contributed by atoms with Crippen molar-refractivity contribution in [1.82, 2.24) is 0 Å². The highest BCUT2D eigenvalue weighted by atomic mass is 14.6. The lowest BCUT2D eigenvalue weighted by Gasteiger charge is -2.12. The fourth-order valence-electron chi connectivity index (χ4n) is 0.816. The van der Waals surface area contributed by atoms with E-state index in [9.17, 15) is 0 Å². The Hall–Kier alpha value is -0.520. The zero-order chi connectivity index (χ0) is 8.15. The molecule has 0 aromatic rings. The van der Waals surface area contributed by atoms with Gasteiger partial charge in [0.2, 0.25) is 0 Å². The van der Waals surface area contributed by atoms with E-state index in [0.29, 0.717) is 5.92 Å². The molecule has 60 valence electrons. The summed E-state index contributed by atoms with van der Waals surface area (Å²) in [6.07, 6.45) is 1.02. The Kier molecular flexibility index (Phi) is 4.10. The van der Waals surface area contributed by atoms with E-state index >= 15 is 0 Å². The summed E-state index contributed by atoms with van der Waals surface area (Å²) in [6, 6.07) is 0.150. The van der Waals surface area contributed by atoms with Gasteiger partial charge in [-0.15, -0.1) is 5.73 Å². The number of nitrogens with two attached hydrogens (primary N) is 1. The minimum Gasteiger partial charge on any atom is -0.324 e. The van der Waals surface area contributed by atoms with Gasteiger partial charge < -0.3 is 5.73 Å². The Morgan fingerprint density at radius 3 is 2.50 bits per heavy atom. The monoisotopic (exact) mass is 141 g/mol. The molecule has 0 bridgehead atoms. The van der Waals surface area contributed by atoms with E-state index in [1.165, 1.54) is 0 Å². The van der Waals surface area contributed by atoms with E-state index in [4.69, 9.17) is 5.73 Å². The van der Waals surface area contributed by atoms with Crippen molar-refractivity contribution >= 4 is 0 Å². The van der Waals surface area contributed by atoms with Crippen molar-refractivity contribution in [3.63, 3.8) is 0 Å². The van der Waals surface area contributed by atoms with Crippen LogP contribution in [0.3, 0.4) is 0 Å². The molecule has 0 aromatic carbocycles. The van der Waals surface area contributed by atoms with E-state index in [1.807, 2.05) is 6.92 Å². The van der Waals surface area contributed by atoms with E-state index in [0.717, 1.165) is 12.0 Å². The minimum atomic E-state index is 0. The molecule has 0 fully saturated rings. The van der Waals surface area contributed by atoms with Crippen LogP contribution in [0.15, 0.2) is 17.9 Å². The Labute approximate surface area is 65.1 Å². The fraction of sp³-hybridized carbons (Fsp3) is 0.667. The summed E-state index contributed by atoms with van der Waals surface area (Å²) in [6.45, 7) is 9.85. The van der Waals surface area contributed by atoms with Crippen LogP contribution < -0.4 is 5.73 Å². The number of rotatable bonds is 3. The molecule has 0 amide bonds. The summed E-state index contributed by atoms with van der Waals surface area (Å²) >= 11 is 0. The molecular formula is C9H19N. The van der Waals surface area contributed by atoms with Crippen molar-refractivity contribution in [3.05, 3.63) is 17.9 Å². The highest BCUT2D eigenvalue weighted by molar-refractivity contribution is 5.03. The van der Waals surface area contributed by atoms with Crippen LogP contribution in [0.4, 0.5) is 0 Å². The zero-order valence-corrected chi connectivity index (χ0v) is 7.15. The van der Waals surface area contributed by atoms with E-state index in [2.05, 4.69) is 26.2 Å². The average Bonchev–Trinajstić information content (AvgIpc) is 1.85. The maximum atomic E-state index is 5.79. The van der Waals surface area contributed by atoms with Gasteiger partial charge in [-0.3, -0.25) is 0 Å². The van der Waals surface area contributed by atoms with E-state index < -0.39 is 0 Å². The molecule has 2 N–H and O–H groups in total. The van der Waals surface area contributed by atoms with Gasteiger partial charge in [0.1, 0.15) is 0 Å². The first-order valence-electron chi connectivity index (χ1n) is 3.70. The van der Waals surface area contributed by atoms with Crippen molar-refractivity contribution in [2.45, 2.75) is 33.2 Å². The maximum absolute atomic E-state index is 5.79. The summed E-state index contributed by atoms with van der Waals surface area (Å²) < 4.78 is 0. The van der Waals surface area contributed by atoms with Gasteiger partial charge in [0.05, 0.1) is 0 Å². The summed E-state index contributed by atoms with van der Waals surface area (Å²) in [5.74, 6) is 0.651. The lowest BCUT2D eigenvalue weighted by Crippen LogP contribution is -2.22. The molecule has 1 nitrogen and oxygen atoms in total. The molecule has 0 aliphatic rings. The second-order valence-corrected chi connectivity index (χ2v) is 3.10. The molecule has 0 saturated carbocycles. The van der Waals surface area contributed by atoms with Crippen molar-refractivity contribution < 1.29 is 1.43 Å². The normalized spacial score (nSPS) is 12.9. The zero-order valence-electron chi connectivity index (χ0n) is 7.15. The Morgan fingerprint density at radius 2 is 2.20 bits per heavy atom. The molecule has 1 heteroatoms. The quantitative estimate of drug-likeness (QED) is 0.600. The van der Waals surface area contributed by atoms with Crippen LogP contribution in [0.1, 0.15) is 28.6 Å². The van der Waals surface area contributed by atoms with Crippen LogP contribution in [-0.2, 0) is 0 Å². The third-order valence-corrected chi connectivity index (χ3v) is 1.56. The molecule has 0 saturated heterocycles. The smallest absolute Gasteiger partial charge is 0.0329 e. The standard InChI is InChI=1S/C9H17N.H2/c1-5-8(4)9(10)6-7(2)3;/h7,9H,1,6,10H2,2-4H3;1H/t9-;/m0./s1. The van der Waals surface area contributed by atoms with Crippen molar-refractivity contribution in [2.75, 3.05) is 0 Å². The van der Waals surface area contributed by atoms with Gasteiger partial charge in [0.25, 0.3) is 0 Å². The van der Waals surface area contributed by atoms with Crippen molar-refractivity contribution in [3.8, 4) is 0 Å². The van der Waals surface area contributed by atoms with Crippen LogP contribution in [-0.4, -0.2) is 6.04 Å². The Bertz CT molecular complexity index is 146. The van der Waals surface area contributed by atoms with Gasteiger partial charge in [-0.1, -0.05) is 20.4 Å². The van der Waals surface area contributed by atoms with Crippen molar-refractivity contribution in [2.24, 2.45) is 11.7 Å². The first kappa shape index (κ1) is 9.48. The maximum Gasteiger partial charge on any atom is 0.0329 e. The first-order chi connectivity index (χ1) is 4.57. The highest BCUT2D eigenvalue weighted by Crippen LogP contribution is 2.08. The third-order valence-electron chi connectivity index (χ3n) is 1.56. The van der Waals surface area contributed by atoms with Crippen LogP contribution in [0.5, 0.6) is 0 Å². The third kappa shape index (κ3) is 3.49. The molecule has 0 heterocycles. The molecule has 1 atom stereocenters. The number of hydrogen-bond donors (Lipinski definition) is 1. The van der Waals surface area contributed by atoms with Crippen LogP contribution in [0, 0.1) is 5.92 Å². The minimum absolute atomic E-state index is 0. The second kappa shape index (κ2) is 4.32. The first-order valence-corrected chi connectivity index (χ1v) is 3.70. The summed E-state index contributed by atoms with van der Waals surface area (Å²) in [5, 5.41) is 0. The fourth-order valence-corrected chi connectivity index (χ4v) is 0.816. The topological polar surface area (TPSA) is 26.0 Å². The van der Waals surface area contributed by atoms with Gasteiger partial charge in [-0.05, 0) is 24.8 Å². The van der Waals surface area contributed by atoms with Crippen LogP contribution in [0.25, 0.3) is 0 Å². The van der Waals surface area contributed by atoms with Gasteiger partial charge in [-0.25, -0.2) is 0 Å². The predicted octanol–water partition coefficient (Wildman–Crippen LogP) is 2.34. The van der Waals surface area contributed by atoms with Gasteiger partial charge in [0, 0.05) is 7.47 Å². The predicted molar refractivity (Wildman–Crippen MR) is 47.9 cm³/mol. The molecule has 0 aliphatic heterocycles. The van der Waals surface area contributed by atoms with Crippen LogP contribution in [0.2, 0.25) is 0 Å². The lowest BCUT2D eigenvalue weighted by molar-refractivity contribution is 0.533. The van der Waals surface area contributed by atoms with Gasteiger partial charge in [-0.2, -0.15) is 0 Å². The second-order valence-electron chi connectivity index (χ2n) is 3.10. The largest absolute Gasteiger partial charge is 0.324 e. The van der Waals surface area contributed by atoms with E-state index in [1.54, 1.807) is 0 Å². The van der Waals surface area contributed by atoms with Gasteiger partial charge in [0.15, 0.2) is 0 Å². The molecule has 0 aliphatic carbocycles. The summed E-state index contributed by atoms with van der Waals surface area (Å²) in [5.41, 5.74) is 9.66. The Balaban J connectivity index is 0. The van der Waals surface area contributed by atoms with Gasteiger partial charge >= 0.3 is 0 Å². The SMILES string of the molecule is C=C=C(C)[C@@H](N)CC(C)C.[HH]. The van der Waals surface area contributed by atoms with Crippen molar-refractivity contribution in [1.29, 1.82) is 0 Å². The molecular weight excluding hydrogens is 122 g/mol. The van der Waals surface area contributed by atoms with Crippen LogP contribution >= 0.6 is 0 Å². The molecule has 10 heavy (non-hydrogen) atoms. The number of hydrogen-bond acceptors (Lipinski definition) is 1. The molecule has 0 unspecified atom stereocenters. The Morgan fingerprint density at radius 1 is 1.70 bits per heavy atom. The molecule has 0 radical (unpaired) electrons. The molecule has 0 aromatic heterocycles. The van der Waals surface area contributed by atoms with E-state index in [-0.39, 0.29) is 7.47 Å². The molecule has 0 rings (SSSR count). The average molecular weight is 141 g/mol.